The van der Waals surface area contributed by atoms with Gasteiger partial charge < -0.3 is 10.4 Å². The molecular formula is C16H17N5O2S. The van der Waals surface area contributed by atoms with Crippen LogP contribution in [0.5, 0.6) is 0 Å². The van der Waals surface area contributed by atoms with Gasteiger partial charge in [0.25, 0.3) is 0 Å². The van der Waals surface area contributed by atoms with Crippen LogP contribution in [0.2, 0.25) is 0 Å². The first-order valence-electron chi connectivity index (χ1n) is 7.40. The normalized spacial score (nSPS) is 11.9. The van der Waals surface area contributed by atoms with Gasteiger partial charge in [0, 0.05) is 23.3 Å². The number of aliphatic hydroxyl groups excluding tert-OH is 1. The Morgan fingerprint density at radius 3 is 2.96 bits per heavy atom. The van der Waals surface area contributed by atoms with Crippen molar-refractivity contribution in [1.82, 2.24) is 20.1 Å². The fourth-order valence-electron chi connectivity index (χ4n) is 2.11. The van der Waals surface area contributed by atoms with Gasteiger partial charge in [-0.2, -0.15) is 5.10 Å². The molecule has 2 amide bonds. The Balaban J connectivity index is 1.48. The highest BCUT2D eigenvalue weighted by atomic mass is 32.1. The number of hydrogen-bond donors (Lipinski definition) is 3. The van der Waals surface area contributed by atoms with Gasteiger partial charge in [0.05, 0.1) is 18.8 Å². The van der Waals surface area contributed by atoms with Crippen molar-refractivity contribution < 1.29 is 9.90 Å². The van der Waals surface area contributed by atoms with Gasteiger partial charge in [-0.15, -0.1) is 11.3 Å². The Labute approximate surface area is 143 Å². The van der Waals surface area contributed by atoms with Crippen LogP contribution in [0.1, 0.15) is 16.7 Å². The number of amides is 2. The zero-order valence-corrected chi connectivity index (χ0v) is 13.6. The van der Waals surface area contributed by atoms with Crippen LogP contribution in [-0.2, 0) is 6.54 Å². The van der Waals surface area contributed by atoms with Gasteiger partial charge >= 0.3 is 6.03 Å². The summed E-state index contributed by atoms with van der Waals surface area (Å²) in [6.45, 7) is 0.669. The van der Waals surface area contributed by atoms with E-state index in [2.05, 4.69) is 20.7 Å². The molecule has 3 aromatic heterocycles. The van der Waals surface area contributed by atoms with Crippen LogP contribution in [-0.4, -0.2) is 32.4 Å². The fraction of sp³-hybridized carbons (Fsp3) is 0.188. The summed E-state index contributed by atoms with van der Waals surface area (Å²) < 4.78 is 1.69. The van der Waals surface area contributed by atoms with E-state index in [-0.39, 0.29) is 6.54 Å². The maximum absolute atomic E-state index is 11.9. The summed E-state index contributed by atoms with van der Waals surface area (Å²) in [6.07, 6.45) is 2.78. The molecule has 0 unspecified atom stereocenters. The molecule has 0 saturated heterocycles. The first-order valence-corrected chi connectivity index (χ1v) is 8.28. The summed E-state index contributed by atoms with van der Waals surface area (Å²) in [4.78, 5) is 16.9. The second-order valence-electron chi connectivity index (χ2n) is 5.09. The number of urea groups is 1. The van der Waals surface area contributed by atoms with Crippen LogP contribution >= 0.6 is 11.3 Å². The Bertz CT molecular complexity index is 773. The van der Waals surface area contributed by atoms with Gasteiger partial charge in [-0.05, 0) is 23.6 Å². The minimum Gasteiger partial charge on any atom is -0.386 e. The predicted octanol–water partition coefficient (Wildman–Crippen LogP) is 2.24. The van der Waals surface area contributed by atoms with Crippen molar-refractivity contribution in [2.45, 2.75) is 12.6 Å². The van der Waals surface area contributed by atoms with Crippen molar-refractivity contribution in [3.63, 3.8) is 0 Å². The molecule has 8 heteroatoms. The molecule has 0 aliphatic carbocycles. The molecule has 3 N–H and O–H groups in total. The Morgan fingerprint density at radius 1 is 1.29 bits per heavy atom. The maximum Gasteiger partial charge on any atom is 0.320 e. The third-order valence-electron chi connectivity index (χ3n) is 3.26. The van der Waals surface area contributed by atoms with Crippen LogP contribution in [0, 0.1) is 0 Å². The van der Waals surface area contributed by atoms with Gasteiger partial charge in [-0.25, -0.2) is 4.79 Å². The minimum atomic E-state index is -0.711. The Hall–Kier alpha value is -2.71. The van der Waals surface area contributed by atoms with E-state index >= 15 is 0 Å². The quantitative estimate of drug-likeness (QED) is 0.640. The highest BCUT2D eigenvalue weighted by molar-refractivity contribution is 7.10. The van der Waals surface area contributed by atoms with E-state index in [0.29, 0.717) is 12.4 Å². The number of rotatable bonds is 6. The summed E-state index contributed by atoms with van der Waals surface area (Å²) in [5, 5.41) is 21.3. The zero-order valence-electron chi connectivity index (χ0n) is 12.8. The molecule has 0 aromatic carbocycles. The van der Waals surface area contributed by atoms with Crippen LogP contribution in [0.4, 0.5) is 10.6 Å². The van der Waals surface area contributed by atoms with E-state index in [0.717, 1.165) is 10.6 Å². The second kappa shape index (κ2) is 7.71. The third kappa shape index (κ3) is 4.40. The van der Waals surface area contributed by atoms with Crippen molar-refractivity contribution in [3.8, 4) is 0 Å². The van der Waals surface area contributed by atoms with Crippen molar-refractivity contribution in [1.29, 1.82) is 0 Å². The SMILES string of the molecule is O=C(NC[C@H](O)c1cccs1)Nc1ccn(Cc2ccccn2)n1. The number of pyridine rings is 1. The number of aromatic nitrogens is 3. The minimum absolute atomic E-state index is 0.140. The van der Waals surface area contributed by atoms with Crippen LogP contribution < -0.4 is 10.6 Å². The molecule has 1 atom stereocenters. The third-order valence-corrected chi connectivity index (χ3v) is 4.23. The van der Waals surface area contributed by atoms with Gasteiger partial charge in [-0.3, -0.25) is 15.0 Å². The topological polar surface area (TPSA) is 92.1 Å². The predicted molar refractivity (Wildman–Crippen MR) is 91.9 cm³/mol. The van der Waals surface area contributed by atoms with E-state index in [1.54, 1.807) is 23.1 Å². The number of carbonyl (C=O) groups is 1. The van der Waals surface area contributed by atoms with Gasteiger partial charge in [0.15, 0.2) is 5.82 Å². The highest BCUT2D eigenvalue weighted by Gasteiger charge is 2.11. The van der Waals surface area contributed by atoms with E-state index in [4.69, 9.17) is 0 Å². The molecule has 0 saturated carbocycles. The molecule has 0 bridgehead atoms. The number of carbonyl (C=O) groups excluding carboxylic acids is 1. The summed E-state index contributed by atoms with van der Waals surface area (Å²) >= 11 is 1.45. The number of thiophene rings is 1. The number of aliphatic hydroxyl groups is 1. The molecule has 0 fully saturated rings. The van der Waals surface area contributed by atoms with E-state index in [1.807, 2.05) is 35.7 Å². The molecule has 7 nitrogen and oxygen atoms in total. The van der Waals surface area contributed by atoms with Gasteiger partial charge in [0.1, 0.15) is 6.10 Å². The van der Waals surface area contributed by atoms with E-state index < -0.39 is 12.1 Å². The van der Waals surface area contributed by atoms with Gasteiger partial charge in [-0.1, -0.05) is 12.1 Å². The Kier molecular flexibility index (Phi) is 5.19. The average molecular weight is 343 g/mol. The maximum atomic E-state index is 11.9. The van der Waals surface area contributed by atoms with E-state index in [1.165, 1.54) is 11.3 Å². The smallest absolute Gasteiger partial charge is 0.320 e. The second-order valence-corrected chi connectivity index (χ2v) is 6.07. The molecule has 124 valence electrons. The first-order chi connectivity index (χ1) is 11.7. The van der Waals surface area contributed by atoms with Crippen LogP contribution in [0.25, 0.3) is 0 Å². The molecule has 0 spiro atoms. The number of nitrogens with zero attached hydrogens (tertiary/aromatic N) is 3. The summed E-state index contributed by atoms with van der Waals surface area (Å²) in [5.74, 6) is 0.439. The lowest BCUT2D eigenvalue weighted by Gasteiger charge is -2.10. The van der Waals surface area contributed by atoms with Crippen LogP contribution in [0.3, 0.4) is 0 Å². The van der Waals surface area contributed by atoms with Crippen molar-refractivity contribution in [2.75, 3.05) is 11.9 Å². The lowest BCUT2D eigenvalue weighted by molar-refractivity contribution is 0.178. The largest absolute Gasteiger partial charge is 0.386 e. The molecule has 0 radical (unpaired) electrons. The molecule has 24 heavy (non-hydrogen) atoms. The van der Waals surface area contributed by atoms with Crippen molar-refractivity contribution in [2.24, 2.45) is 0 Å². The Morgan fingerprint density at radius 2 is 2.21 bits per heavy atom. The number of anilines is 1. The summed E-state index contributed by atoms with van der Waals surface area (Å²) in [7, 11) is 0. The average Bonchev–Trinajstić information content (AvgIpc) is 3.26. The van der Waals surface area contributed by atoms with E-state index in [9.17, 15) is 9.90 Å². The molecule has 0 aliphatic rings. The van der Waals surface area contributed by atoms with Crippen molar-refractivity contribution in [3.05, 3.63) is 64.7 Å². The first kappa shape index (κ1) is 16.2. The summed E-state index contributed by atoms with van der Waals surface area (Å²) in [6, 6.07) is 10.7. The molecule has 3 aromatic rings. The number of hydrogen-bond acceptors (Lipinski definition) is 5. The standard InChI is InChI=1S/C16H17N5O2S/c22-13(14-5-3-9-24-14)10-18-16(23)19-15-6-8-21(20-15)11-12-4-1-2-7-17-12/h1-9,13,22H,10-11H2,(H2,18,19,20,23)/t13-/m0/s1. The highest BCUT2D eigenvalue weighted by Crippen LogP contribution is 2.17. The monoisotopic (exact) mass is 343 g/mol. The molecule has 0 aliphatic heterocycles. The summed E-state index contributed by atoms with van der Waals surface area (Å²) in [5.41, 5.74) is 0.885. The van der Waals surface area contributed by atoms with Crippen molar-refractivity contribution >= 4 is 23.2 Å². The number of nitrogens with one attached hydrogen (secondary N) is 2. The zero-order chi connectivity index (χ0) is 16.8. The molecule has 3 rings (SSSR count). The molecular weight excluding hydrogens is 326 g/mol. The molecule has 3 heterocycles. The fourth-order valence-corrected chi connectivity index (χ4v) is 2.82. The van der Waals surface area contributed by atoms with Crippen LogP contribution in [0.15, 0.2) is 54.2 Å². The lowest BCUT2D eigenvalue weighted by atomic mass is 10.3. The lowest BCUT2D eigenvalue weighted by Crippen LogP contribution is -2.32. The van der Waals surface area contributed by atoms with Gasteiger partial charge in [0.2, 0.25) is 0 Å².